The molecular weight excluding hydrogens is 148 g/mol. The van der Waals surface area contributed by atoms with Crippen LogP contribution in [-0.4, -0.2) is 12.8 Å². The van der Waals surface area contributed by atoms with Gasteiger partial charge in [0.05, 0.1) is 5.71 Å². The molecule has 0 amide bonds. The fraction of sp³-hybridized carbons (Fsp3) is 0.100. The zero-order valence-electron chi connectivity index (χ0n) is 7.09. The Hall–Kier alpha value is -1.57. The molecule has 0 fully saturated rings. The van der Waals surface area contributed by atoms with Gasteiger partial charge in [-0.1, -0.05) is 18.7 Å². The molecule has 0 atom stereocenters. The van der Waals surface area contributed by atoms with Crippen LogP contribution in [0.4, 0.5) is 0 Å². The monoisotopic (exact) mass is 160 g/mol. The van der Waals surface area contributed by atoms with E-state index in [2.05, 4.69) is 11.9 Å². The summed E-state index contributed by atoms with van der Waals surface area (Å²) in [5, 5.41) is 10.4. The molecule has 0 aromatic heterocycles. The molecule has 2 heteroatoms. The number of allylic oxidation sites excluding steroid dienone is 6. The zero-order chi connectivity index (χ0) is 8.97. The second-order valence-electron chi connectivity index (χ2n) is 2.48. The van der Waals surface area contributed by atoms with Crippen LogP contribution in [0, 0.1) is 5.41 Å². The molecule has 0 saturated carbocycles. The van der Waals surface area contributed by atoms with Gasteiger partial charge in [0.2, 0.25) is 0 Å². The Labute approximate surface area is 72.5 Å². The van der Waals surface area contributed by atoms with Gasteiger partial charge in [0.1, 0.15) is 0 Å². The lowest BCUT2D eigenvalue weighted by molar-refractivity contribution is 1.09. The summed E-state index contributed by atoms with van der Waals surface area (Å²) in [5.74, 6) is 0. The Bertz CT molecular complexity index is 293. The standard InChI is InChI=1S/C10H12N2/c1-3-8-4-5-10(11)9(6-8)7-12-2/h3-7,11-12H,1H2,2H3/b9-7-,11-10?. The van der Waals surface area contributed by atoms with Gasteiger partial charge in [-0.25, -0.2) is 0 Å². The van der Waals surface area contributed by atoms with Crippen molar-refractivity contribution in [3.8, 4) is 0 Å². The topological polar surface area (TPSA) is 35.9 Å². The van der Waals surface area contributed by atoms with Crippen LogP contribution in [0.15, 0.2) is 48.2 Å². The molecule has 0 aliphatic heterocycles. The molecule has 12 heavy (non-hydrogen) atoms. The van der Waals surface area contributed by atoms with Gasteiger partial charge < -0.3 is 10.7 Å². The zero-order valence-corrected chi connectivity index (χ0v) is 7.09. The SMILES string of the molecule is C=CC1=C/C(=C/NC)C(=N)C=C1. The highest BCUT2D eigenvalue weighted by Gasteiger charge is 2.03. The van der Waals surface area contributed by atoms with Crippen molar-refractivity contribution in [2.75, 3.05) is 7.05 Å². The molecule has 62 valence electrons. The number of nitrogens with one attached hydrogen (secondary N) is 2. The molecule has 1 aliphatic carbocycles. The van der Waals surface area contributed by atoms with Gasteiger partial charge in [-0.2, -0.15) is 0 Å². The molecule has 0 aromatic rings. The molecule has 1 rings (SSSR count). The lowest BCUT2D eigenvalue weighted by atomic mass is 10.0. The van der Waals surface area contributed by atoms with E-state index in [1.165, 1.54) is 0 Å². The summed E-state index contributed by atoms with van der Waals surface area (Å²) < 4.78 is 0. The molecule has 0 saturated heterocycles. The summed E-state index contributed by atoms with van der Waals surface area (Å²) in [6, 6.07) is 0. The highest BCUT2D eigenvalue weighted by molar-refractivity contribution is 6.09. The van der Waals surface area contributed by atoms with Crippen molar-refractivity contribution in [3.63, 3.8) is 0 Å². The quantitative estimate of drug-likeness (QED) is 0.634. The first kappa shape index (κ1) is 8.53. The first-order valence-electron chi connectivity index (χ1n) is 3.76. The van der Waals surface area contributed by atoms with Crippen molar-refractivity contribution in [2.45, 2.75) is 0 Å². The summed E-state index contributed by atoms with van der Waals surface area (Å²) >= 11 is 0. The van der Waals surface area contributed by atoms with E-state index < -0.39 is 0 Å². The van der Waals surface area contributed by atoms with Crippen molar-refractivity contribution in [3.05, 3.63) is 48.2 Å². The van der Waals surface area contributed by atoms with Crippen LogP contribution in [0.5, 0.6) is 0 Å². The predicted octanol–water partition coefficient (Wildman–Crippen LogP) is 1.79. The van der Waals surface area contributed by atoms with E-state index >= 15 is 0 Å². The van der Waals surface area contributed by atoms with Crippen molar-refractivity contribution in [2.24, 2.45) is 0 Å². The normalized spacial score (nSPS) is 19.2. The highest BCUT2D eigenvalue weighted by atomic mass is 14.8. The van der Waals surface area contributed by atoms with Crippen LogP contribution in [-0.2, 0) is 0 Å². The van der Waals surface area contributed by atoms with Gasteiger partial charge in [-0.15, -0.1) is 0 Å². The van der Waals surface area contributed by atoms with Crippen LogP contribution in [0.3, 0.4) is 0 Å². The Morgan fingerprint density at radius 2 is 2.25 bits per heavy atom. The number of hydrogen-bond donors (Lipinski definition) is 2. The van der Waals surface area contributed by atoms with E-state index in [4.69, 9.17) is 5.41 Å². The summed E-state index contributed by atoms with van der Waals surface area (Å²) in [4.78, 5) is 0. The van der Waals surface area contributed by atoms with E-state index in [1.807, 2.05) is 19.2 Å². The molecule has 0 unspecified atom stereocenters. The van der Waals surface area contributed by atoms with Gasteiger partial charge in [0.25, 0.3) is 0 Å². The average molecular weight is 160 g/mol. The molecule has 0 heterocycles. The molecule has 0 bridgehead atoms. The molecule has 0 aromatic carbocycles. The van der Waals surface area contributed by atoms with Crippen molar-refractivity contribution in [1.29, 1.82) is 5.41 Å². The van der Waals surface area contributed by atoms with Gasteiger partial charge in [0, 0.05) is 18.8 Å². The Morgan fingerprint density at radius 1 is 1.50 bits per heavy atom. The molecule has 2 nitrogen and oxygen atoms in total. The van der Waals surface area contributed by atoms with Crippen molar-refractivity contribution in [1.82, 2.24) is 5.32 Å². The van der Waals surface area contributed by atoms with E-state index in [-0.39, 0.29) is 0 Å². The summed E-state index contributed by atoms with van der Waals surface area (Å²) in [5.41, 5.74) is 2.44. The van der Waals surface area contributed by atoms with Gasteiger partial charge >= 0.3 is 0 Å². The van der Waals surface area contributed by atoms with Crippen LogP contribution >= 0.6 is 0 Å². The van der Waals surface area contributed by atoms with Crippen molar-refractivity contribution >= 4 is 5.71 Å². The van der Waals surface area contributed by atoms with E-state index in [0.717, 1.165) is 11.1 Å². The Morgan fingerprint density at radius 3 is 2.83 bits per heavy atom. The van der Waals surface area contributed by atoms with Crippen molar-refractivity contribution < 1.29 is 0 Å². The predicted molar refractivity (Wildman–Crippen MR) is 52.3 cm³/mol. The van der Waals surface area contributed by atoms with Gasteiger partial charge in [0.15, 0.2) is 0 Å². The summed E-state index contributed by atoms with van der Waals surface area (Å²) in [7, 11) is 1.82. The minimum Gasteiger partial charge on any atom is -0.393 e. The number of rotatable bonds is 2. The minimum atomic E-state index is 0.523. The van der Waals surface area contributed by atoms with E-state index in [9.17, 15) is 0 Å². The second-order valence-corrected chi connectivity index (χ2v) is 2.48. The maximum absolute atomic E-state index is 7.54. The molecule has 0 radical (unpaired) electrons. The van der Waals surface area contributed by atoms with Crippen LogP contribution in [0.2, 0.25) is 0 Å². The lowest BCUT2D eigenvalue weighted by Crippen LogP contribution is -2.05. The van der Waals surface area contributed by atoms with E-state index in [0.29, 0.717) is 5.71 Å². The fourth-order valence-electron chi connectivity index (χ4n) is 0.983. The molecule has 0 spiro atoms. The lowest BCUT2D eigenvalue weighted by Gasteiger charge is -2.07. The van der Waals surface area contributed by atoms with Gasteiger partial charge in [-0.05, 0) is 17.7 Å². The third-order valence-corrected chi connectivity index (χ3v) is 1.61. The Kier molecular flexibility index (Phi) is 2.64. The van der Waals surface area contributed by atoms with Crippen LogP contribution < -0.4 is 5.32 Å². The third-order valence-electron chi connectivity index (χ3n) is 1.61. The maximum Gasteiger partial charge on any atom is 0.0627 e. The Balaban J connectivity index is 2.96. The smallest absolute Gasteiger partial charge is 0.0627 e. The summed E-state index contributed by atoms with van der Waals surface area (Å²) in [6.07, 6.45) is 9.14. The maximum atomic E-state index is 7.54. The van der Waals surface area contributed by atoms with Crippen LogP contribution in [0.25, 0.3) is 0 Å². The van der Waals surface area contributed by atoms with E-state index in [1.54, 1.807) is 18.4 Å². The minimum absolute atomic E-state index is 0.523. The van der Waals surface area contributed by atoms with Crippen LogP contribution in [0.1, 0.15) is 0 Å². The molecule has 1 aliphatic rings. The average Bonchev–Trinajstić information content (AvgIpc) is 2.09. The fourth-order valence-corrected chi connectivity index (χ4v) is 0.983. The highest BCUT2D eigenvalue weighted by Crippen LogP contribution is 2.12. The molecule has 2 N–H and O–H groups in total. The first-order valence-corrected chi connectivity index (χ1v) is 3.76. The molecular formula is C10H12N2. The van der Waals surface area contributed by atoms with Gasteiger partial charge in [-0.3, -0.25) is 0 Å². The third kappa shape index (κ3) is 1.72. The second kappa shape index (κ2) is 3.72. The first-order chi connectivity index (χ1) is 5.77. The number of hydrogen-bond acceptors (Lipinski definition) is 2. The largest absolute Gasteiger partial charge is 0.393 e. The summed E-state index contributed by atoms with van der Waals surface area (Å²) in [6.45, 7) is 3.67.